The molecule has 0 bridgehead atoms. The Morgan fingerprint density at radius 2 is 1.49 bits per heavy atom. The fourth-order valence-electron chi connectivity index (χ4n) is 6.40. The zero-order valence-electron chi connectivity index (χ0n) is 29.5. The minimum absolute atomic E-state index is 0. The van der Waals surface area contributed by atoms with Crippen molar-refractivity contribution in [1.82, 2.24) is 9.97 Å². The molecule has 0 amide bonds. The molecule has 0 aliphatic heterocycles. The molecule has 0 aliphatic carbocycles. The number of pyridine rings is 2. The van der Waals surface area contributed by atoms with E-state index in [1.165, 1.54) is 32.2 Å². The van der Waals surface area contributed by atoms with Crippen LogP contribution >= 0.6 is 0 Å². The summed E-state index contributed by atoms with van der Waals surface area (Å²) in [6, 6.07) is 40.5. The van der Waals surface area contributed by atoms with E-state index in [4.69, 9.17) is 4.42 Å². The number of aromatic nitrogens is 2. The topological polar surface area (TPSA) is 38.9 Å². The van der Waals surface area contributed by atoms with Crippen LogP contribution in [0.25, 0.3) is 55.6 Å². The van der Waals surface area contributed by atoms with Gasteiger partial charge in [0.2, 0.25) is 0 Å². The Labute approximate surface area is 307 Å². The summed E-state index contributed by atoms with van der Waals surface area (Å²) in [6.45, 7) is 8.77. The number of nitrogens with zero attached hydrogens (tertiary/aromatic N) is 2. The zero-order chi connectivity index (χ0) is 33.8. The molecule has 0 saturated heterocycles. The van der Waals surface area contributed by atoms with Crippen LogP contribution in [0.2, 0.25) is 17.3 Å². The monoisotopic (exact) mass is 883 g/mol. The fourth-order valence-corrected chi connectivity index (χ4v) is 8.57. The first-order valence-electron chi connectivity index (χ1n) is 17.0. The molecule has 4 aromatic carbocycles. The molecule has 5 heteroatoms. The standard InChI is InChI=1S/C30H28NO.C14H16GeN.Ir/c1-5-21(6-2)23-12-13-31-28(17-23)27-9-7-8-26-25-11-10-22(18-29(25)32-30(26)27)24-15-19(3)14-20(4)16-24;1-15(2,3)13-9-10-14(16-11-13)12-7-5-4-6-8-12;/h7-8,10-18,21H,5-6H2,1-4H3;4-7,9-11H,1-3H3;/q2*-1;. The number of fused-ring (bicyclic) bond motifs is 3. The smallest absolute Gasteiger partial charge is 0 e. The molecular formula is C44H44GeIrN2O-2. The second-order valence-electron chi connectivity index (χ2n) is 13.7. The van der Waals surface area contributed by atoms with E-state index < -0.39 is 13.3 Å². The molecule has 3 nitrogen and oxygen atoms in total. The third kappa shape index (κ3) is 8.32. The summed E-state index contributed by atoms with van der Waals surface area (Å²) in [4.78, 5) is 9.21. The van der Waals surface area contributed by atoms with Gasteiger partial charge in [-0.25, -0.2) is 0 Å². The molecule has 7 rings (SSSR count). The second-order valence-corrected chi connectivity index (χ2v) is 24.4. The van der Waals surface area contributed by atoms with E-state index in [0.717, 1.165) is 57.3 Å². The molecule has 0 saturated carbocycles. The molecule has 0 N–H and O–H groups in total. The molecule has 0 atom stereocenters. The Bertz CT molecular complexity index is 2140. The molecule has 3 heterocycles. The van der Waals surface area contributed by atoms with Gasteiger partial charge in [0, 0.05) is 31.7 Å². The molecule has 1 radical (unpaired) electrons. The van der Waals surface area contributed by atoms with E-state index in [-0.39, 0.29) is 20.1 Å². The Balaban J connectivity index is 0.000000233. The first kappa shape index (κ1) is 36.5. The third-order valence-corrected chi connectivity index (χ3v) is 13.4. The van der Waals surface area contributed by atoms with Gasteiger partial charge in [-0.1, -0.05) is 77.9 Å². The van der Waals surface area contributed by atoms with E-state index in [9.17, 15) is 0 Å². The second kappa shape index (κ2) is 15.8. The van der Waals surface area contributed by atoms with Crippen LogP contribution in [0.15, 0.2) is 114 Å². The van der Waals surface area contributed by atoms with Crippen molar-refractivity contribution in [2.24, 2.45) is 0 Å². The summed E-state index contributed by atoms with van der Waals surface area (Å²) < 4.78 is 7.89. The quantitative estimate of drug-likeness (QED) is 0.118. The van der Waals surface area contributed by atoms with Crippen LogP contribution < -0.4 is 4.40 Å². The van der Waals surface area contributed by atoms with Crippen molar-refractivity contribution in [3.63, 3.8) is 0 Å². The van der Waals surface area contributed by atoms with Crippen LogP contribution in [0.4, 0.5) is 0 Å². The molecule has 0 unspecified atom stereocenters. The van der Waals surface area contributed by atoms with Gasteiger partial charge < -0.3 is 9.40 Å². The van der Waals surface area contributed by atoms with Crippen LogP contribution in [0.3, 0.4) is 0 Å². The van der Waals surface area contributed by atoms with Gasteiger partial charge in [0.25, 0.3) is 0 Å². The Hall–Kier alpha value is -3.83. The first-order valence-corrected chi connectivity index (χ1v) is 24.3. The minimum Gasteiger partial charge on any atom is 0 e. The largest absolute Gasteiger partial charge is 0 e. The molecule has 0 fully saturated rings. The van der Waals surface area contributed by atoms with Gasteiger partial charge in [-0.3, -0.25) is 0 Å². The number of rotatable bonds is 7. The average Bonchev–Trinajstić information content (AvgIpc) is 3.47. The van der Waals surface area contributed by atoms with Gasteiger partial charge >= 0.3 is 99.8 Å². The first-order chi connectivity index (χ1) is 23.1. The van der Waals surface area contributed by atoms with Crippen molar-refractivity contribution >= 4 is 39.6 Å². The molecule has 7 aromatic rings. The maximum atomic E-state index is 6.44. The van der Waals surface area contributed by atoms with Crippen LogP contribution in [0.5, 0.6) is 0 Å². The van der Waals surface area contributed by atoms with Crippen molar-refractivity contribution in [3.8, 4) is 33.6 Å². The molecule has 0 aliphatic rings. The van der Waals surface area contributed by atoms with Gasteiger partial charge in [0.15, 0.2) is 0 Å². The van der Waals surface area contributed by atoms with Gasteiger partial charge in [-0.2, -0.15) is 0 Å². The van der Waals surface area contributed by atoms with Crippen molar-refractivity contribution in [3.05, 3.63) is 138 Å². The van der Waals surface area contributed by atoms with Crippen molar-refractivity contribution in [2.45, 2.75) is 63.7 Å². The Morgan fingerprint density at radius 3 is 2.14 bits per heavy atom. The van der Waals surface area contributed by atoms with Crippen molar-refractivity contribution in [1.29, 1.82) is 0 Å². The maximum absolute atomic E-state index is 6.44. The molecule has 0 spiro atoms. The molecule has 49 heavy (non-hydrogen) atoms. The number of benzene rings is 4. The zero-order valence-corrected chi connectivity index (χ0v) is 34.0. The fraction of sp³-hybridized carbons (Fsp3) is 0.227. The van der Waals surface area contributed by atoms with Crippen LogP contribution in [-0.2, 0) is 20.1 Å². The summed E-state index contributed by atoms with van der Waals surface area (Å²) in [7, 11) is 0. The third-order valence-electron chi connectivity index (χ3n) is 9.10. The van der Waals surface area contributed by atoms with E-state index in [1.54, 1.807) is 0 Å². The van der Waals surface area contributed by atoms with Gasteiger partial charge in [-0.05, 0) is 61.6 Å². The van der Waals surface area contributed by atoms with E-state index in [1.807, 2.05) is 42.7 Å². The summed E-state index contributed by atoms with van der Waals surface area (Å²) in [5.41, 5.74) is 11.9. The normalized spacial score (nSPS) is 11.3. The van der Waals surface area contributed by atoms with E-state index in [0.29, 0.717) is 5.92 Å². The number of hydrogen-bond donors (Lipinski definition) is 0. The van der Waals surface area contributed by atoms with E-state index >= 15 is 0 Å². The van der Waals surface area contributed by atoms with Crippen molar-refractivity contribution < 1.29 is 24.5 Å². The van der Waals surface area contributed by atoms with Crippen LogP contribution in [0.1, 0.15) is 49.3 Å². The summed E-state index contributed by atoms with van der Waals surface area (Å²) in [5.74, 6) is 7.69. The minimum atomic E-state index is -1.72. The predicted octanol–water partition coefficient (Wildman–Crippen LogP) is 11.7. The summed E-state index contributed by atoms with van der Waals surface area (Å²) in [6.07, 6.45) is 6.20. The SMILES string of the molecule is CCC(CC)c1ccnc(-c2[c-]ccc3c2oc2cc(-c4cc(C)cc(C)c4)ccc23)c1.[CH3][Ge]([CH3])([CH3])[c]1ccc(-c2[c-]cccc2)nc1.[Ir]. The van der Waals surface area contributed by atoms with E-state index in [2.05, 4.69) is 134 Å². The number of furan rings is 1. The molecule has 3 aromatic heterocycles. The Morgan fingerprint density at radius 1 is 0.714 bits per heavy atom. The van der Waals surface area contributed by atoms with Gasteiger partial charge in [0.1, 0.15) is 5.58 Å². The van der Waals surface area contributed by atoms with Crippen LogP contribution in [-0.4, -0.2) is 23.2 Å². The predicted molar refractivity (Wildman–Crippen MR) is 206 cm³/mol. The Kier molecular flexibility index (Phi) is 11.8. The number of hydrogen-bond acceptors (Lipinski definition) is 3. The average molecular weight is 882 g/mol. The maximum Gasteiger partial charge on any atom is 0 e. The molecular weight excluding hydrogens is 837 g/mol. The van der Waals surface area contributed by atoms with Gasteiger partial charge in [0.05, 0.1) is 5.58 Å². The van der Waals surface area contributed by atoms with Gasteiger partial charge in [-0.15, -0.1) is 18.2 Å². The summed E-state index contributed by atoms with van der Waals surface area (Å²) in [5, 5.41) is 2.23. The summed E-state index contributed by atoms with van der Waals surface area (Å²) >= 11 is -1.72. The number of aryl methyl sites for hydroxylation is 2. The molecule has 251 valence electrons. The van der Waals surface area contributed by atoms with Crippen LogP contribution in [0, 0.1) is 26.0 Å². The van der Waals surface area contributed by atoms with Crippen molar-refractivity contribution in [2.75, 3.05) is 0 Å².